The summed E-state index contributed by atoms with van der Waals surface area (Å²) in [7, 11) is 0. The normalized spacial score (nSPS) is 22.5. The second-order valence-electron chi connectivity index (χ2n) is 10.7. The highest BCUT2D eigenvalue weighted by atomic mass is 16.5. The van der Waals surface area contributed by atoms with Crippen molar-refractivity contribution in [3.8, 4) is 5.75 Å². The first-order valence-corrected chi connectivity index (χ1v) is 12.6. The zero-order chi connectivity index (χ0) is 23.7. The van der Waals surface area contributed by atoms with Gasteiger partial charge in [0.1, 0.15) is 18.1 Å². The molecular weight excluding hydrogens is 422 g/mol. The van der Waals surface area contributed by atoms with Crippen LogP contribution >= 0.6 is 0 Å². The zero-order valence-electron chi connectivity index (χ0n) is 20.4. The van der Waals surface area contributed by atoms with Gasteiger partial charge in [0.25, 0.3) is 5.91 Å². The van der Waals surface area contributed by atoms with E-state index in [1.807, 2.05) is 24.3 Å². The van der Waals surface area contributed by atoms with Gasteiger partial charge in [0.05, 0.1) is 0 Å². The molecule has 0 radical (unpaired) electrons. The van der Waals surface area contributed by atoms with Gasteiger partial charge in [-0.05, 0) is 79.3 Å². The number of fused-ring (bicyclic) bond motifs is 2. The molecule has 178 valence electrons. The third-order valence-electron chi connectivity index (χ3n) is 8.13. The van der Waals surface area contributed by atoms with Crippen LogP contribution in [0.15, 0.2) is 71.1 Å². The number of furan rings is 1. The second kappa shape index (κ2) is 9.32. The van der Waals surface area contributed by atoms with E-state index in [4.69, 9.17) is 9.15 Å². The number of ether oxygens (including phenoxy) is 1. The minimum atomic E-state index is -0.131. The molecule has 5 rings (SSSR count). The van der Waals surface area contributed by atoms with Crippen molar-refractivity contribution in [2.45, 2.75) is 64.5 Å². The van der Waals surface area contributed by atoms with Crippen molar-refractivity contribution < 1.29 is 13.9 Å². The summed E-state index contributed by atoms with van der Waals surface area (Å²) in [5, 5.41) is 3.17. The van der Waals surface area contributed by atoms with Gasteiger partial charge in [-0.25, -0.2) is 0 Å². The Labute approximate surface area is 202 Å². The predicted octanol–water partition coefficient (Wildman–Crippen LogP) is 6.74. The van der Waals surface area contributed by atoms with Gasteiger partial charge in [-0.2, -0.15) is 0 Å². The Morgan fingerprint density at radius 2 is 1.74 bits per heavy atom. The van der Waals surface area contributed by atoms with Crippen molar-refractivity contribution in [2.24, 2.45) is 17.8 Å². The summed E-state index contributed by atoms with van der Waals surface area (Å²) in [6, 6.07) is 22.5. The quantitative estimate of drug-likeness (QED) is 0.408. The van der Waals surface area contributed by atoms with E-state index in [1.54, 1.807) is 6.07 Å². The van der Waals surface area contributed by atoms with Crippen LogP contribution in [0.5, 0.6) is 5.75 Å². The maximum Gasteiger partial charge on any atom is 0.287 e. The van der Waals surface area contributed by atoms with E-state index < -0.39 is 0 Å². The highest BCUT2D eigenvalue weighted by molar-refractivity contribution is 5.91. The average Bonchev–Trinajstić information content (AvgIpc) is 3.61. The molecule has 2 aromatic carbocycles. The molecule has 4 nitrogen and oxygen atoms in total. The fraction of sp³-hybridized carbons (Fsp3) is 0.433. The Kier molecular flexibility index (Phi) is 6.24. The number of rotatable bonds is 8. The summed E-state index contributed by atoms with van der Waals surface area (Å²) >= 11 is 0. The van der Waals surface area contributed by atoms with Crippen molar-refractivity contribution in [3.05, 3.63) is 89.4 Å². The van der Waals surface area contributed by atoms with E-state index in [0.717, 1.165) is 17.6 Å². The summed E-state index contributed by atoms with van der Waals surface area (Å²) < 4.78 is 11.7. The monoisotopic (exact) mass is 457 g/mol. The lowest BCUT2D eigenvalue weighted by molar-refractivity contribution is 0.0883. The van der Waals surface area contributed by atoms with Crippen molar-refractivity contribution in [2.75, 3.05) is 0 Å². The fourth-order valence-electron chi connectivity index (χ4n) is 6.01. The van der Waals surface area contributed by atoms with Crippen LogP contribution in [-0.4, -0.2) is 11.9 Å². The molecule has 2 aliphatic rings. The molecule has 0 aliphatic heterocycles. The molecular formula is C30H35NO3. The Morgan fingerprint density at radius 1 is 1.00 bits per heavy atom. The number of hydrogen-bond acceptors (Lipinski definition) is 3. The van der Waals surface area contributed by atoms with Crippen molar-refractivity contribution >= 4 is 5.91 Å². The largest absolute Gasteiger partial charge is 0.486 e. The van der Waals surface area contributed by atoms with Crippen LogP contribution < -0.4 is 10.1 Å². The van der Waals surface area contributed by atoms with Gasteiger partial charge in [-0.15, -0.1) is 0 Å². The lowest BCUT2D eigenvalue weighted by Crippen LogP contribution is -2.40. The first-order chi connectivity index (χ1) is 16.4. The number of amides is 1. The number of carbonyl (C=O) groups excluding carboxylic acids is 1. The van der Waals surface area contributed by atoms with Crippen LogP contribution in [0, 0.1) is 17.8 Å². The summed E-state index contributed by atoms with van der Waals surface area (Å²) in [6.45, 7) is 6.88. The van der Waals surface area contributed by atoms with Crippen LogP contribution in [0.1, 0.15) is 73.9 Å². The molecule has 2 saturated carbocycles. The topological polar surface area (TPSA) is 51.5 Å². The number of nitrogens with one attached hydrogen (secondary N) is 1. The first kappa shape index (κ1) is 22.8. The maximum absolute atomic E-state index is 12.7. The SMILES string of the molecule is CC(NC(=O)c1ccc(COc2ccc(C(C)(C)c3ccccc3)cc2)o1)C1CC2CCC1C2. The number of benzene rings is 2. The van der Waals surface area contributed by atoms with E-state index in [0.29, 0.717) is 17.4 Å². The molecule has 1 heterocycles. The third kappa shape index (κ3) is 4.64. The molecule has 4 unspecified atom stereocenters. The van der Waals surface area contributed by atoms with Gasteiger partial charge in [0, 0.05) is 11.5 Å². The number of hydrogen-bond donors (Lipinski definition) is 1. The van der Waals surface area contributed by atoms with E-state index in [2.05, 4.69) is 62.5 Å². The maximum atomic E-state index is 12.7. The highest BCUT2D eigenvalue weighted by Gasteiger charge is 2.42. The van der Waals surface area contributed by atoms with E-state index >= 15 is 0 Å². The molecule has 1 N–H and O–H groups in total. The van der Waals surface area contributed by atoms with Gasteiger partial charge in [0.2, 0.25) is 0 Å². The second-order valence-corrected chi connectivity index (χ2v) is 10.7. The van der Waals surface area contributed by atoms with Crippen molar-refractivity contribution in [3.63, 3.8) is 0 Å². The molecule has 2 aliphatic carbocycles. The predicted molar refractivity (Wildman–Crippen MR) is 134 cm³/mol. The lowest BCUT2D eigenvalue weighted by atomic mass is 9.78. The average molecular weight is 458 g/mol. The summed E-state index contributed by atoms with van der Waals surface area (Å²) in [5.74, 6) is 3.91. The number of carbonyl (C=O) groups is 1. The summed E-state index contributed by atoms with van der Waals surface area (Å²) in [4.78, 5) is 12.7. The molecule has 0 saturated heterocycles. The Morgan fingerprint density at radius 3 is 2.41 bits per heavy atom. The smallest absolute Gasteiger partial charge is 0.287 e. The van der Waals surface area contributed by atoms with Gasteiger partial charge in [0.15, 0.2) is 5.76 Å². The molecule has 1 amide bonds. The van der Waals surface area contributed by atoms with E-state index in [-0.39, 0.29) is 24.0 Å². The van der Waals surface area contributed by atoms with Crippen LogP contribution in [0.2, 0.25) is 0 Å². The Bertz CT molecular complexity index is 1120. The molecule has 4 atom stereocenters. The molecule has 2 fully saturated rings. The summed E-state index contributed by atoms with van der Waals surface area (Å²) in [5.41, 5.74) is 2.42. The van der Waals surface area contributed by atoms with Crippen molar-refractivity contribution in [1.29, 1.82) is 0 Å². The minimum Gasteiger partial charge on any atom is -0.486 e. The molecule has 2 bridgehead atoms. The fourth-order valence-corrected chi connectivity index (χ4v) is 6.01. The van der Waals surface area contributed by atoms with E-state index in [1.165, 1.54) is 36.8 Å². The van der Waals surface area contributed by atoms with Gasteiger partial charge in [-0.1, -0.05) is 62.7 Å². The van der Waals surface area contributed by atoms with Crippen LogP contribution in [-0.2, 0) is 12.0 Å². The van der Waals surface area contributed by atoms with E-state index in [9.17, 15) is 4.79 Å². The third-order valence-corrected chi connectivity index (χ3v) is 8.13. The molecule has 4 heteroatoms. The molecule has 34 heavy (non-hydrogen) atoms. The Balaban J connectivity index is 1.15. The van der Waals surface area contributed by atoms with Gasteiger partial charge >= 0.3 is 0 Å². The highest BCUT2D eigenvalue weighted by Crippen LogP contribution is 2.49. The van der Waals surface area contributed by atoms with Crippen molar-refractivity contribution in [1.82, 2.24) is 5.32 Å². The van der Waals surface area contributed by atoms with Gasteiger partial charge < -0.3 is 14.5 Å². The zero-order valence-corrected chi connectivity index (χ0v) is 20.4. The standard InChI is InChI=1S/C30H35NO3/c1-20(27-18-21-9-10-22(27)17-21)31-29(32)28-16-15-26(34-28)19-33-25-13-11-24(12-14-25)30(2,3)23-7-5-4-6-8-23/h4-8,11-16,20-22,27H,9-10,17-19H2,1-3H3,(H,31,32). The van der Waals surface area contributed by atoms with Crippen LogP contribution in [0.3, 0.4) is 0 Å². The van der Waals surface area contributed by atoms with Crippen LogP contribution in [0.25, 0.3) is 0 Å². The summed E-state index contributed by atoms with van der Waals surface area (Å²) in [6.07, 6.45) is 5.29. The van der Waals surface area contributed by atoms with Crippen LogP contribution in [0.4, 0.5) is 0 Å². The first-order valence-electron chi connectivity index (χ1n) is 12.6. The molecule has 3 aromatic rings. The lowest BCUT2D eigenvalue weighted by Gasteiger charge is -2.28. The molecule has 1 aromatic heterocycles. The Hall–Kier alpha value is -3.01. The minimum absolute atomic E-state index is 0.0851. The molecule has 0 spiro atoms. The van der Waals surface area contributed by atoms with Gasteiger partial charge in [-0.3, -0.25) is 4.79 Å².